The van der Waals surface area contributed by atoms with E-state index in [0.717, 1.165) is 32.8 Å². The predicted octanol–water partition coefficient (Wildman–Crippen LogP) is 3.74. The summed E-state index contributed by atoms with van der Waals surface area (Å²) in [5.41, 5.74) is 2.76. The fourth-order valence-corrected chi connectivity index (χ4v) is 3.87. The molecule has 0 bridgehead atoms. The Bertz CT molecular complexity index is 952. The molecule has 0 radical (unpaired) electrons. The van der Waals surface area contributed by atoms with Crippen LogP contribution in [0.2, 0.25) is 0 Å². The Morgan fingerprint density at radius 3 is 1.65 bits per heavy atom. The summed E-state index contributed by atoms with van der Waals surface area (Å²) in [4.78, 5) is 31.9. The highest BCUT2D eigenvalue weighted by Gasteiger charge is 2.39. The maximum atomic E-state index is 10.6. The van der Waals surface area contributed by atoms with Gasteiger partial charge in [0.25, 0.3) is 0 Å². The van der Waals surface area contributed by atoms with Gasteiger partial charge in [0.15, 0.2) is 0 Å². The van der Waals surface area contributed by atoms with E-state index in [0.29, 0.717) is 5.92 Å². The Kier molecular flexibility index (Phi) is 16.6. The zero-order valence-electron chi connectivity index (χ0n) is 23.1. The summed E-state index contributed by atoms with van der Waals surface area (Å²) in [6.07, 6.45) is -9.05. The Balaban J connectivity index is 0.000000690. The summed E-state index contributed by atoms with van der Waals surface area (Å²) in [7, 11) is 2.06. The van der Waals surface area contributed by atoms with E-state index in [2.05, 4.69) is 28.9 Å². The number of hydrogen-bond donors (Lipinski definition) is 3. The van der Waals surface area contributed by atoms with Crippen LogP contribution in [0.15, 0.2) is 6.20 Å². The number of hydrogen-bond acceptors (Lipinski definition) is 7. The molecule has 0 saturated carbocycles. The summed E-state index contributed by atoms with van der Waals surface area (Å²) >= 11 is 0. The molecule has 3 heterocycles. The van der Waals surface area contributed by atoms with Crippen LogP contribution in [0.3, 0.4) is 0 Å². The molecule has 43 heavy (non-hydrogen) atoms. The second kappa shape index (κ2) is 17.9. The zero-order chi connectivity index (χ0) is 33.6. The number of likely N-dealkylation sites (tertiary alicyclic amines) is 1. The van der Waals surface area contributed by atoms with Crippen molar-refractivity contribution >= 4 is 17.9 Å². The second-order valence-electron chi connectivity index (χ2n) is 9.08. The molecule has 3 rings (SSSR count). The van der Waals surface area contributed by atoms with E-state index in [9.17, 15) is 39.5 Å². The maximum absolute atomic E-state index is 10.6. The molecular formula is C23H33F9N4O7. The number of alkyl halides is 9. The number of aromatic nitrogens is 2. The van der Waals surface area contributed by atoms with E-state index >= 15 is 0 Å². The summed E-state index contributed by atoms with van der Waals surface area (Å²) < 4.78 is 103. The number of rotatable bonds is 6. The highest BCUT2D eigenvalue weighted by Crippen LogP contribution is 2.28. The van der Waals surface area contributed by atoms with Crippen LogP contribution in [0.4, 0.5) is 39.5 Å². The van der Waals surface area contributed by atoms with Crippen LogP contribution >= 0.6 is 0 Å². The lowest BCUT2D eigenvalue weighted by molar-refractivity contribution is -0.193. The standard InChI is InChI=1S/C17H30N4O.3C2HF3O2/c1-3-22-14-16-13-21(10-9-20-7-5-4-6-8-20)12-15-11-18-19(2)17(15)16;3*3-2(4,5)1(6)7/h11,16H,3-10,12-14H2,1-2H3;3*(H,6,7). The third-order valence-electron chi connectivity index (χ3n) is 5.76. The summed E-state index contributed by atoms with van der Waals surface area (Å²) in [6, 6.07) is 0. The number of nitrogens with zero attached hydrogens (tertiary/aromatic N) is 4. The first kappa shape index (κ1) is 39.9. The van der Waals surface area contributed by atoms with Crippen LogP contribution in [-0.2, 0) is 32.7 Å². The quantitative estimate of drug-likeness (QED) is 0.390. The molecule has 0 amide bonds. The largest absolute Gasteiger partial charge is 0.490 e. The molecule has 0 spiro atoms. The van der Waals surface area contributed by atoms with Crippen LogP contribution in [0.5, 0.6) is 0 Å². The zero-order valence-corrected chi connectivity index (χ0v) is 23.1. The molecule has 3 N–H and O–H groups in total. The molecule has 250 valence electrons. The molecule has 1 aromatic rings. The van der Waals surface area contributed by atoms with Gasteiger partial charge in [-0.25, -0.2) is 14.4 Å². The van der Waals surface area contributed by atoms with Gasteiger partial charge >= 0.3 is 36.4 Å². The smallest absolute Gasteiger partial charge is 0.475 e. The van der Waals surface area contributed by atoms with Crippen molar-refractivity contribution in [2.45, 2.75) is 57.2 Å². The van der Waals surface area contributed by atoms with Gasteiger partial charge in [-0.2, -0.15) is 44.6 Å². The Hall–Kier alpha value is -3.13. The highest BCUT2D eigenvalue weighted by atomic mass is 19.4. The third-order valence-corrected chi connectivity index (χ3v) is 5.76. The Morgan fingerprint density at radius 1 is 0.837 bits per heavy atom. The average Bonchev–Trinajstić information content (AvgIpc) is 3.26. The van der Waals surface area contributed by atoms with Gasteiger partial charge in [0, 0.05) is 57.0 Å². The van der Waals surface area contributed by atoms with Gasteiger partial charge in [-0.05, 0) is 32.9 Å². The normalized spacial score (nSPS) is 17.6. The number of carboxylic acids is 3. The van der Waals surface area contributed by atoms with Crippen LogP contribution in [0.1, 0.15) is 43.4 Å². The van der Waals surface area contributed by atoms with Crippen molar-refractivity contribution in [2.24, 2.45) is 7.05 Å². The molecule has 1 fully saturated rings. The minimum absolute atomic E-state index is 0.456. The van der Waals surface area contributed by atoms with Crippen LogP contribution in [-0.4, -0.2) is 117 Å². The number of ether oxygens (including phenoxy) is 1. The lowest BCUT2D eigenvalue weighted by Gasteiger charge is -2.35. The van der Waals surface area contributed by atoms with E-state index in [4.69, 9.17) is 34.4 Å². The van der Waals surface area contributed by atoms with Crippen molar-refractivity contribution in [3.63, 3.8) is 0 Å². The van der Waals surface area contributed by atoms with Crippen LogP contribution in [0.25, 0.3) is 0 Å². The van der Waals surface area contributed by atoms with E-state index in [1.807, 2.05) is 10.9 Å². The van der Waals surface area contributed by atoms with Crippen molar-refractivity contribution in [3.05, 3.63) is 17.5 Å². The summed E-state index contributed by atoms with van der Waals surface area (Å²) in [5, 5.41) is 25.8. The first-order valence-corrected chi connectivity index (χ1v) is 12.5. The van der Waals surface area contributed by atoms with Crippen molar-refractivity contribution < 1.29 is 74.0 Å². The van der Waals surface area contributed by atoms with E-state index in [1.165, 1.54) is 50.2 Å². The predicted molar refractivity (Wildman–Crippen MR) is 129 cm³/mol. The molecule has 2 aliphatic heterocycles. The van der Waals surface area contributed by atoms with E-state index in [-0.39, 0.29) is 0 Å². The number of fused-ring (bicyclic) bond motifs is 1. The SMILES string of the molecule is CCOCC1CN(CCN2CCCCC2)Cc2cnn(C)c21.O=C(O)C(F)(F)F.O=C(O)C(F)(F)F.O=C(O)C(F)(F)F. The average molecular weight is 649 g/mol. The van der Waals surface area contributed by atoms with Crippen molar-refractivity contribution in [1.82, 2.24) is 19.6 Å². The third kappa shape index (κ3) is 16.3. The molecular weight excluding hydrogens is 615 g/mol. The minimum atomic E-state index is -5.08. The lowest BCUT2D eigenvalue weighted by Crippen LogP contribution is -2.42. The van der Waals surface area contributed by atoms with Gasteiger partial charge in [0.1, 0.15) is 0 Å². The first-order valence-electron chi connectivity index (χ1n) is 12.5. The van der Waals surface area contributed by atoms with Crippen molar-refractivity contribution in [2.75, 3.05) is 45.9 Å². The topological polar surface area (TPSA) is 145 Å². The number of piperidine rings is 1. The molecule has 11 nitrogen and oxygen atoms in total. The van der Waals surface area contributed by atoms with Crippen LogP contribution < -0.4 is 0 Å². The second-order valence-corrected chi connectivity index (χ2v) is 9.08. The lowest BCUT2D eigenvalue weighted by atomic mass is 9.97. The maximum Gasteiger partial charge on any atom is 0.490 e. The number of carboxylic acid groups (broad SMARTS) is 3. The van der Waals surface area contributed by atoms with Gasteiger partial charge in [-0.3, -0.25) is 9.58 Å². The number of carbonyl (C=O) groups is 3. The Morgan fingerprint density at radius 2 is 1.26 bits per heavy atom. The first-order chi connectivity index (χ1) is 19.6. The van der Waals surface area contributed by atoms with Gasteiger partial charge in [-0.15, -0.1) is 0 Å². The minimum Gasteiger partial charge on any atom is -0.475 e. The molecule has 1 atom stereocenters. The van der Waals surface area contributed by atoms with E-state index < -0.39 is 36.4 Å². The molecule has 1 aromatic heterocycles. The fraction of sp³-hybridized carbons (Fsp3) is 0.739. The molecule has 20 heteroatoms. The molecule has 2 aliphatic rings. The fourth-order valence-electron chi connectivity index (χ4n) is 3.87. The van der Waals surface area contributed by atoms with Gasteiger partial charge < -0.3 is 25.0 Å². The number of halogens is 9. The number of aliphatic carboxylic acids is 3. The molecule has 1 unspecified atom stereocenters. The monoisotopic (exact) mass is 648 g/mol. The molecule has 0 aromatic carbocycles. The van der Waals surface area contributed by atoms with Gasteiger partial charge in [0.05, 0.1) is 12.8 Å². The van der Waals surface area contributed by atoms with Crippen molar-refractivity contribution in [1.29, 1.82) is 0 Å². The molecule has 1 saturated heterocycles. The highest BCUT2D eigenvalue weighted by molar-refractivity contribution is 5.73. The van der Waals surface area contributed by atoms with Crippen molar-refractivity contribution in [3.8, 4) is 0 Å². The molecule has 0 aliphatic carbocycles. The van der Waals surface area contributed by atoms with Gasteiger partial charge in [-0.1, -0.05) is 6.42 Å². The summed E-state index contributed by atoms with van der Waals surface area (Å²) in [5.74, 6) is -7.81. The van der Waals surface area contributed by atoms with E-state index in [1.54, 1.807) is 0 Å². The Labute approximate surface area is 239 Å². The summed E-state index contributed by atoms with van der Waals surface area (Å²) in [6.45, 7) is 10.7. The number of aryl methyl sites for hydroxylation is 1. The van der Waals surface area contributed by atoms with Crippen LogP contribution in [0, 0.1) is 0 Å². The van der Waals surface area contributed by atoms with Gasteiger partial charge in [0.2, 0.25) is 0 Å².